The summed E-state index contributed by atoms with van der Waals surface area (Å²) < 4.78 is 11.1. The lowest BCUT2D eigenvalue weighted by molar-refractivity contribution is 0.0728. The van der Waals surface area contributed by atoms with Gasteiger partial charge in [-0.25, -0.2) is 9.59 Å². The van der Waals surface area contributed by atoms with E-state index in [1.54, 1.807) is 30.3 Å². The molecule has 0 bridgehead atoms. The van der Waals surface area contributed by atoms with Crippen molar-refractivity contribution < 1.29 is 23.9 Å². The maximum absolute atomic E-state index is 12.8. The molecule has 5 nitrogen and oxygen atoms in total. The Bertz CT molecular complexity index is 1150. The van der Waals surface area contributed by atoms with Crippen LogP contribution in [0.15, 0.2) is 66.7 Å². The standard InChI is InChI=1S/C30H32O5/c1-19(31)26-24(34-27(32)20-11-15-22(16-12-20)29(2,3)4)9-8-10-25(26)35-28(33)21-13-17-23(18-14-21)30(5,6)7/h8-18H,1-7H3. The summed E-state index contributed by atoms with van der Waals surface area (Å²) in [5.74, 6) is -1.52. The van der Waals surface area contributed by atoms with Gasteiger partial charge < -0.3 is 9.47 Å². The fourth-order valence-corrected chi connectivity index (χ4v) is 3.56. The van der Waals surface area contributed by atoms with Crippen LogP contribution in [0.1, 0.15) is 90.7 Å². The Morgan fingerprint density at radius 2 is 0.914 bits per heavy atom. The molecule has 35 heavy (non-hydrogen) atoms. The number of benzene rings is 3. The molecular weight excluding hydrogens is 440 g/mol. The number of hydrogen-bond donors (Lipinski definition) is 0. The minimum Gasteiger partial charge on any atom is -0.422 e. The summed E-state index contributed by atoms with van der Waals surface area (Å²) in [6.07, 6.45) is 0. The van der Waals surface area contributed by atoms with Crippen molar-refractivity contribution in [1.82, 2.24) is 0 Å². The average Bonchev–Trinajstić information content (AvgIpc) is 2.78. The van der Waals surface area contributed by atoms with Gasteiger partial charge in [-0.2, -0.15) is 0 Å². The molecule has 0 atom stereocenters. The average molecular weight is 473 g/mol. The van der Waals surface area contributed by atoms with Crippen molar-refractivity contribution in [2.24, 2.45) is 0 Å². The summed E-state index contributed by atoms with van der Waals surface area (Å²) in [5, 5.41) is 0. The van der Waals surface area contributed by atoms with Crippen LogP contribution < -0.4 is 9.47 Å². The van der Waals surface area contributed by atoms with Crippen LogP contribution in [0.2, 0.25) is 0 Å². The van der Waals surface area contributed by atoms with E-state index in [1.807, 2.05) is 24.3 Å². The van der Waals surface area contributed by atoms with Crippen LogP contribution in [0.25, 0.3) is 0 Å². The Morgan fingerprint density at radius 1 is 0.571 bits per heavy atom. The molecular formula is C30H32O5. The minimum absolute atomic E-state index is 0.0341. The van der Waals surface area contributed by atoms with Crippen LogP contribution in [-0.4, -0.2) is 17.7 Å². The molecule has 0 amide bonds. The summed E-state index contributed by atoms with van der Waals surface area (Å²) >= 11 is 0. The SMILES string of the molecule is CC(=O)c1c(OC(=O)c2ccc(C(C)(C)C)cc2)cccc1OC(=O)c1ccc(C(C)(C)C)cc1. The number of rotatable bonds is 5. The van der Waals surface area contributed by atoms with Crippen LogP contribution >= 0.6 is 0 Å². The predicted molar refractivity (Wildman–Crippen MR) is 137 cm³/mol. The minimum atomic E-state index is -0.603. The third kappa shape index (κ3) is 6.24. The number of carbonyl (C=O) groups excluding carboxylic acids is 3. The van der Waals surface area contributed by atoms with Gasteiger partial charge >= 0.3 is 11.9 Å². The van der Waals surface area contributed by atoms with Crippen LogP contribution in [0, 0.1) is 0 Å². The van der Waals surface area contributed by atoms with Gasteiger partial charge in [-0.3, -0.25) is 4.79 Å². The molecule has 5 heteroatoms. The van der Waals surface area contributed by atoms with E-state index in [4.69, 9.17) is 9.47 Å². The first-order chi connectivity index (χ1) is 16.3. The zero-order chi connectivity index (χ0) is 26.0. The Hall–Kier alpha value is -3.73. The first kappa shape index (κ1) is 25.9. The van der Waals surface area contributed by atoms with E-state index in [-0.39, 0.29) is 33.7 Å². The maximum Gasteiger partial charge on any atom is 0.343 e. The molecule has 0 spiro atoms. The van der Waals surface area contributed by atoms with Gasteiger partial charge in [0.15, 0.2) is 5.78 Å². The molecule has 3 rings (SSSR count). The Balaban J connectivity index is 1.84. The van der Waals surface area contributed by atoms with Crippen molar-refractivity contribution in [2.75, 3.05) is 0 Å². The monoisotopic (exact) mass is 472 g/mol. The molecule has 0 aliphatic carbocycles. The summed E-state index contributed by atoms with van der Waals surface area (Å²) in [5.41, 5.74) is 2.82. The van der Waals surface area contributed by atoms with Gasteiger partial charge in [0.25, 0.3) is 0 Å². The third-order valence-corrected chi connectivity index (χ3v) is 5.72. The highest BCUT2D eigenvalue weighted by Gasteiger charge is 2.22. The fraction of sp³-hybridized carbons (Fsp3) is 0.300. The zero-order valence-electron chi connectivity index (χ0n) is 21.4. The van der Waals surface area contributed by atoms with Gasteiger partial charge in [0.2, 0.25) is 0 Å². The van der Waals surface area contributed by atoms with E-state index in [0.29, 0.717) is 11.1 Å². The van der Waals surface area contributed by atoms with Gasteiger partial charge in [-0.15, -0.1) is 0 Å². The largest absolute Gasteiger partial charge is 0.422 e. The Labute approximate surface area is 207 Å². The number of hydrogen-bond acceptors (Lipinski definition) is 5. The van der Waals surface area contributed by atoms with Gasteiger partial charge in [-0.05, 0) is 65.3 Å². The number of Topliss-reactive ketones (excluding diaryl/α,β-unsaturated/α-hetero) is 1. The molecule has 0 saturated heterocycles. The molecule has 0 N–H and O–H groups in total. The number of ketones is 1. The Morgan fingerprint density at radius 3 is 1.20 bits per heavy atom. The zero-order valence-corrected chi connectivity index (χ0v) is 21.4. The van der Waals surface area contributed by atoms with Gasteiger partial charge in [0, 0.05) is 0 Å². The third-order valence-electron chi connectivity index (χ3n) is 5.72. The second kappa shape index (κ2) is 9.87. The van der Waals surface area contributed by atoms with Crippen molar-refractivity contribution >= 4 is 17.7 Å². The molecule has 0 aliphatic rings. The van der Waals surface area contributed by atoms with E-state index in [0.717, 1.165) is 11.1 Å². The van der Waals surface area contributed by atoms with Crippen molar-refractivity contribution in [1.29, 1.82) is 0 Å². The summed E-state index contributed by atoms with van der Waals surface area (Å²) in [7, 11) is 0. The molecule has 182 valence electrons. The second-order valence-corrected chi connectivity index (χ2v) is 10.6. The van der Waals surface area contributed by atoms with E-state index in [1.165, 1.54) is 19.1 Å². The van der Waals surface area contributed by atoms with Crippen LogP contribution in [0.5, 0.6) is 11.5 Å². The topological polar surface area (TPSA) is 69.7 Å². The van der Waals surface area contributed by atoms with E-state index in [9.17, 15) is 14.4 Å². The quantitative estimate of drug-likeness (QED) is 0.229. The maximum atomic E-state index is 12.8. The summed E-state index contributed by atoms with van der Waals surface area (Å²) in [4.78, 5) is 38.0. The lowest BCUT2D eigenvalue weighted by Gasteiger charge is -2.19. The predicted octanol–water partition coefficient (Wildman–Crippen LogP) is 6.92. The highest BCUT2D eigenvalue weighted by Crippen LogP contribution is 2.31. The molecule has 0 aliphatic heterocycles. The number of carbonyl (C=O) groups is 3. The van der Waals surface area contributed by atoms with E-state index >= 15 is 0 Å². The van der Waals surface area contributed by atoms with Crippen molar-refractivity contribution in [3.8, 4) is 11.5 Å². The molecule has 0 radical (unpaired) electrons. The molecule has 3 aromatic rings. The molecule has 0 saturated carbocycles. The molecule has 0 fully saturated rings. The molecule has 0 unspecified atom stereocenters. The van der Waals surface area contributed by atoms with Gasteiger partial charge in [0.1, 0.15) is 17.1 Å². The fourth-order valence-electron chi connectivity index (χ4n) is 3.56. The van der Waals surface area contributed by atoms with Crippen molar-refractivity contribution in [2.45, 2.75) is 59.3 Å². The van der Waals surface area contributed by atoms with Crippen molar-refractivity contribution in [3.63, 3.8) is 0 Å². The highest BCUT2D eigenvalue weighted by atomic mass is 16.5. The molecule has 0 heterocycles. The number of esters is 2. The van der Waals surface area contributed by atoms with Crippen LogP contribution in [0.3, 0.4) is 0 Å². The first-order valence-corrected chi connectivity index (χ1v) is 11.6. The smallest absolute Gasteiger partial charge is 0.343 e. The molecule has 3 aromatic carbocycles. The lowest BCUT2D eigenvalue weighted by Crippen LogP contribution is -2.15. The van der Waals surface area contributed by atoms with Crippen LogP contribution in [-0.2, 0) is 10.8 Å². The van der Waals surface area contributed by atoms with Crippen LogP contribution in [0.4, 0.5) is 0 Å². The second-order valence-electron chi connectivity index (χ2n) is 10.6. The normalized spacial score (nSPS) is 11.6. The highest BCUT2D eigenvalue weighted by molar-refractivity contribution is 6.02. The van der Waals surface area contributed by atoms with E-state index in [2.05, 4.69) is 41.5 Å². The number of ether oxygens (including phenoxy) is 2. The van der Waals surface area contributed by atoms with Gasteiger partial charge in [0.05, 0.1) is 11.1 Å². The Kier molecular flexibility index (Phi) is 7.30. The summed E-state index contributed by atoms with van der Waals surface area (Å²) in [6.45, 7) is 13.9. The van der Waals surface area contributed by atoms with Crippen molar-refractivity contribution in [3.05, 3.63) is 94.5 Å². The lowest BCUT2D eigenvalue weighted by atomic mass is 9.87. The summed E-state index contributed by atoms with van der Waals surface area (Å²) in [6, 6.07) is 18.9. The molecule has 0 aromatic heterocycles. The van der Waals surface area contributed by atoms with E-state index < -0.39 is 11.9 Å². The van der Waals surface area contributed by atoms with Gasteiger partial charge in [-0.1, -0.05) is 71.9 Å². The first-order valence-electron chi connectivity index (χ1n) is 11.6.